The molecule has 0 aliphatic heterocycles. The number of ketones is 2. The molecule has 0 aliphatic carbocycles. The number of carbonyl (C=O) groups excluding carboxylic acids is 4. The topological polar surface area (TPSA) is 105 Å². The maximum atomic E-state index is 11.0. The summed E-state index contributed by atoms with van der Waals surface area (Å²) in [4.78, 5) is 62.3. The summed E-state index contributed by atoms with van der Waals surface area (Å²) in [7, 11) is 0. The van der Waals surface area contributed by atoms with Crippen LogP contribution in [0.15, 0.2) is 0 Å². The molecule has 0 spiro atoms. The van der Waals surface area contributed by atoms with Crippen molar-refractivity contribution in [2.75, 3.05) is 0 Å². The lowest BCUT2D eigenvalue weighted by Crippen LogP contribution is -2.15. The maximum absolute atomic E-state index is 11.0. The van der Waals surface area contributed by atoms with E-state index in [1.807, 2.05) is 27.7 Å². The Kier molecular flexibility index (Phi) is 18.8. The van der Waals surface area contributed by atoms with Crippen LogP contribution in [0.4, 0.5) is 0 Å². The first kappa shape index (κ1) is 28.4. The molecule has 0 heterocycles. The lowest BCUT2D eigenvalue weighted by Gasteiger charge is -2.07. The van der Waals surface area contributed by atoms with E-state index in [2.05, 4.69) is 9.78 Å². The third-order valence-electron chi connectivity index (χ3n) is 3.50. The van der Waals surface area contributed by atoms with Gasteiger partial charge in [-0.25, -0.2) is 9.59 Å². The molecule has 0 aliphatic rings. The molecular weight excluding hydrogens is 368 g/mol. The molecule has 164 valence electrons. The van der Waals surface area contributed by atoms with Gasteiger partial charge in [0.2, 0.25) is 0 Å². The summed E-state index contributed by atoms with van der Waals surface area (Å²) < 4.78 is 0. The van der Waals surface area contributed by atoms with E-state index in [4.69, 9.17) is 9.78 Å². The summed E-state index contributed by atoms with van der Waals surface area (Å²) in [6, 6.07) is 0. The molecule has 0 saturated heterocycles. The first-order valence-electron chi connectivity index (χ1n) is 9.95. The number of rotatable bonds is 14. The van der Waals surface area contributed by atoms with Gasteiger partial charge in [0.1, 0.15) is 36.6 Å². The van der Waals surface area contributed by atoms with Crippen LogP contribution in [0.25, 0.3) is 0 Å². The number of carbonyl (C=O) groups is 4. The second kappa shape index (κ2) is 18.6. The molecule has 0 aromatic heterocycles. The first-order chi connectivity index (χ1) is 13.2. The van der Waals surface area contributed by atoms with Gasteiger partial charge in [-0.3, -0.25) is 19.4 Å². The summed E-state index contributed by atoms with van der Waals surface area (Å²) in [5.41, 5.74) is 0. The summed E-state index contributed by atoms with van der Waals surface area (Å²) in [6.45, 7) is 11.2. The van der Waals surface area contributed by atoms with Crippen LogP contribution < -0.4 is 0 Å². The first-order valence-corrected chi connectivity index (χ1v) is 9.95. The average Bonchev–Trinajstić information content (AvgIpc) is 2.64. The Bertz CT molecular complexity index is 419. The highest BCUT2D eigenvalue weighted by molar-refractivity contribution is 5.95. The second-order valence-electron chi connectivity index (χ2n) is 6.47. The number of Topliss-reactive ketones (excluding diaryl/α,β-unsaturated/α-hetero) is 2. The van der Waals surface area contributed by atoms with Crippen molar-refractivity contribution in [3.05, 3.63) is 0 Å². The maximum Gasteiger partial charge on any atom is 0.349 e. The van der Waals surface area contributed by atoms with E-state index in [0.29, 0.717) is 12.8 Å². The molecule has 0 saturated carbocycles. The molecule has 0 fully saturated rings. The molecule has 2 unspecified atom stereocenters. The van der Waals surface area contributed by atoms with Crippen LogP contribution in [0.1, 0.15) is 92.9 Å². The summed E-state index contributed by atoms with van der Waals surface area (Å²) in [6.07, 6.45) is 3.22. The van der Waals surface area contributed by atoms with Crippen molar-refractivity contribution in [3.63, 3.8) is 0 Å². The highest BCUT2D eigenvalue weighted by Gasteiger charge is 2.13. The Balaban J connectivity index is 0. The monoisotopic (exact) mass is 404 g/mol. The van der Waals surface area contributed by atoms with Crippen molar-refractivity contribution in [3.8, 4) is 0 Å². The van der Waals surface area contributed by atoms with Crippen molar-refractivity contribution < 1.29 is 38.7 Å². The highest BCUT2D eigenvalue weighted by atomic mass is 17.2. The summed E-state index contributed by atoms with van der Waals surface area (Å²) in [5, 5.41) is 0. The Labute approximate surface area is 168 Å². The Hall–Kier alpha value is -1.80. The van der Waals surface area contributed by atoms with Crippen molar-refractivity contribution >= 4 is 23.5 Å². The zero-order chi connectivity index (χ0) is 21.9. The van der Waals surface area contributed by atoms with E-state index in [9.17, 15) is 19.2 Å². The fourth-order valence-corrected chi connectivity index (χ4v) is 1.52. The van der Waals surface area contributed by atoms with E-state index in [-0.39, 0.29) is 36.6 Å². The van der Waals surface area contributed by atoms with E-state index in [1.54, 1.807) is 13.8 Å². The van der Waals surface area contributed by atoms with E-state index in [1.165, 1.54) is 0 Å². The molecule has 0 aromatic carbocycles. The molecule has 0 aromatic rings. The quantitative estimate of drug-likeness (QED) is 0.243. The zero-order valence-electron chi connectivity index (χ0n) is 18.1. The van der Waals surface area contributed by atoms with E-state index < -0.39 is 11.9 Å². The molecule has 28 heavy (non-hydrogen) atoms. The Morgan fingerprint density at radius 1 is 0.643 bits per heavy atom. The third kappa shape index (κ3) is 19.0. The van der Waals surface area contributed by atoms with Gasteiger partial charge in [-0.1, -0.05) is 27.7 Å². The average molecular weight is 405 g/mol. The van der Waals surface area contributed by atoms with E-state index >= 15 is 0 Å². The largest absolute Gasteiger partial charge is 0.349 e. The third-order valence-corrected chi connectivity index (χ3v) is 3.50. The fraction of sp³-hybridized carbons (Fsp3) is 0.800. The molecule has 0 N–H and O–H groups in total. The van der Waals surface area contributed by atoms with Gasteiger partial charge >= 0.3 is 11.9 Å². The van der Waals surface area contributed by atoms with Crippen LogP contribution in [0.5, 0.6) is 0 Å². The van der Waals surface area contributed by atoms with Gasteiger partial charge in [-0.05, 0) is 39.5 Å². The lowest BCUT2D eigenvalue weighted by molar-refractivity contribution is -0.294. The molecule has 0 rings (SSSR count). The Morgan fingerprint density at radius 2 is 0.964 bits per heavy atom. The van der Waals surface area contributed by atoms with Gasteiger partial charge in [0, 0.05) is 12.8 Å². The molecule has 0 bridgehead atoms. The summed E-state index contributed by atoms with van der Waals surface area (Å²) >= 11 is 0. The second-order valence-corrected chi connectivity index (χ2v) is 6.47. The predicted molar refractivity (Wildman–Crippen MR) is 103 cm³/mol. The molecule has 2 atom stereocenters. The smallest absolute Gasteiger partial charge is 0.299 e. The Morgan fingerprint density at radius 3 is 1.21 bits per heavy atom. The van der Waals surface area contributed by atoms with Crippen LogP contribution in [0.2, 0.25) is 0 Å². The van der Waals surface area contributed by atoms with Gasteiger partial charge in [0.05, 0.1) is 0 Å². The zero-order valence-corrected chi connectivity index (χ0v) is 18.1. The van der Waals surface area contributed by atoms with Crippen LogP contribution in [0.3, 0.4) is 0 Å². The minimum Gasteiger partial charge on any atom is -0.299 e. The van der Waals surface area contributed by atoms with Crippen molar-refractivity contribution in [1.29, 1.82) is 0 Å². The van der Waals surface area contributed by atoms with Crippen molar-refractivity contribution in [2.24, 2.45) is 0 Å². The van der Waals surface area contributed by atoms with Crippen LogP contribution in [0, 0.1) is 0 Å². The minimum atomic E-state index is -0.608. The molecule has 8 heteroatoms. The molecule has 0 amide bonds. The number of hydrogen-bond acceptors (Lipinski definition) is 8. The summed E-state index contributed by atoms with van der Waals surface area (Å²) in [5.74, 6) is -1.43. The van der Waals surface area contributed by atoms with Crippen molar-refractivity contribution in [1.82, 2.24) is 0 Å². The fourth-order valence-electron chi connectivity index (χ4n) is 1.52. The van der Waals surface area contributed by atoms with Crippen LogP contribution in [-0.4, -0.2) is 35.7 Å². The van der Waals surface area contributed by atoms with Crippen molar-refractivity contribution in [2.45, 2.75) is 105 Å². The van der Waals surface area contributed by atoms with Crippen LogP contribution in [-0.2, 0) is 38.7 Å². The van der Waals surface area contributed by atoms with Gasteiger partial charge in [0.25, 0.3) is 0 Å². The molecule has 8 nitrogen and oxygen atoms in total. The molecular formula is C20H36O8. The standard InChI is InChI=1S/2C10H18O4/c2*1-4-6-9(11)7-10(12)14-13-8(3)5-2/h2*8H,4-7H2,1-3H3. The SMILES string of the molecule is CCCC(=O)CC(=O)OOC(C)CC.CCCC(=O)CC(=O)OOC(C)CC. The van der Waals surface area contributed by atoms with Crippen LogP contribution >= 0.6 is 0 Å². The van der Waals surface area contributed by atoms with Gasteiger partial charge in [-0.15, -0.1) is 0 Å². The highest BCUT2D eigenvalue weighted by Crippen LogP contribution is 2.02. The van der Waals surface area contributed by atoms with E-state index in [0.717, 1.165) is 25.7 Å². The number of hydrogen-bond donors (Lipinski definition) is 0. The van der Waals surface area contributed by atoms with Gasteiger partial charge in [0.15, 0.2) is 0 Å². The van der Waals surface area contributed by atoms with Gasteiger partial charge < -0.3 is 0 Å². The predicted octanol–water partition coefficient (Wildman–Crippen LogP) is 4.04. The van der Waals surface area contributed by atoms with Gasteiger partial charge in [-0.2, -0.15) is 9.78 Å². The normalized spacial score (nSPS) is 12.2. The molecule has 0 radical (unpaired) electrons. The lowest BCUT2D eigenvalue weighted by atomic mass is 10.2. The minimum absolute atomic E-state index is 0.106.